The van der Waals surface area contributed by atoms with E-state index in [1.807, 2.05) is 6.92 Å². The molecule has 0 spiro atoms. The summed E-state index contributed by atoms with van der Waals surface area (Å²) in [7, 11) is 3.21. The SMILES string of the molecule is COC(CC(C)=CCl)OC. The van der Waals surface area contributed by atoms with Gasteiger partial charge in [-0.05, 0) is 6.92 Å². The molecule has 0 rings (SSSR count). The van der Waals surface area contributed by atoms with Crippen molar-refractivity contribution in [2.75, 3.05) is 14.2 Å². The molecular weight excluding hydrogens is 152 g/mol. The molecule has 0 fully saturated rings. The smallest absolute Gasteiger partial charge is 0.160 e. The highest BCUT2D eigenvalue weighted by atomic mass is 35.5. The molecule has 2 nitrogen and oxygen atoms in total. The molecule has 0 saturated carbocycles. The maximum Gasteiger partial charge on any atom is 0.160 e. The minimum Gasteiger partial charge on any atom is -0.356 e. The van der Waals surface area contributed by atoms with Crippen LogP contribution >= 0.6 is 11.6 Å². The molecule has 0 aromatic carbocycles. The molecule has 0 aliphatic heterocycles. The van der Waals surface area contributed by atoms with Crippen LogP contribution in [-0.4, -0.2) is 20.5 Å². The Bertz CT molecular complexity index is 108. The van der Waals surface area contributed by atoms with Gasteiger partial charge < -0.3 is 9.47 Å². The average molecular weight is 165 g/mol. The summed E-state index contributed by atoms with van der Waals surface area (Å²) in [6, 6.07) is 0. The summed E-state index contributed by atoms with van der Waals surface area (Å²) in [6.45, 7) is 1.93. The molecule has 0 aromatic heterocycles. The van der Waals surface area contributed by atoms with Gasteiger partial charge in [-0.15, -0.1) is 0 Å². The Hall–Kier alpha value is -0.0500. The predicted molar refractivity (Wildman–Crippen MR) is 42.0 cm³/mol. The van der Waals surface area contributed by atoms with Crippen LogP contribution in [-0.2, 0) is 9.47 Å². The lowest BCUT2D eigenvalue weighted by molar-refractivity contribution is -0.100. The Kier molecular flexibility index (Phi) is 5.69. The van der Waals surface area contributed by atoms with Crippen LogP contribution in [0.1, 0.15) is 13.3 Å². The van der Waals surface area contributed by atoms with Crippen molar-refractivity contribution in [3.8, 4) is 0 Å². The fourth-order valence-corrected chi connectivity index (χ4v) is 0.659. The van der Waals surface area contributed by atoms with E-state index < -0.39 is 0 Å². The van der Waals surface area contributed by atoms with E-state index in [9.17, 15) is 0 Å². The minimum absolute atomic E-state index is 0.171. The first-order valence-corrected chi connectivity index (χ1v) is 3.49. The van der Waals surface area contributed by atoms with Crippen LogP contribution in [0, 0.1) is 0 Å². The van der Waals surface area contributed by atoms with E-state index in [-0.39, 0.29) is 6.29 Å². The van der Waals surface area contributed by atoms with Gasteiger partial charge in [-0.3, -0.25) is 0 Å². The molecule has 0 N–H and O–H groups in total. The first-order valence-electron chi connectivity index (χ1n) is 3.06. The van der Waals surface area contributed by atoms with Crippen LogP contribution in [0.3, 0.4) is 0 Å². The van der Waals surface area contributed by atoms with Crippen LogP contribution in [0.5, 0.6) is 0 Å². The number of halogens is 1. The van der Waals surface area contributed by atoms with Gasteiger partial charge in [0.05, 0.1) is 0 Å². The first kappa shape index (κ1) is 9.95. The third-order valence-electron chi connectivity index (χ3n) is 1.20. The second-order valence-corrected chi connectivity index (χ2v) is 2.28. The van der Waals surface area contributed by atoms with Gasteiger partial charge in [0.25, 0.3) is 0 Å². The molecule has 3 heteroatoms. The summed E-state index contributed by atoms with van der Waals surface area (Å²) >= 11 is 5.44. The summed E-state index contributed by atoms with van der Waals surface area (Å²) < 4.78 is 9.90. The number of rotatable bonds is 4. The van der Waals surface area contributed by atoms with Crippen molar-refractivity contribution >= 4 is 11.6 Å². The Balaban J connectivity index is 3.63. The summed E-state index contributed by atoms with van der Waals surface area (Å²) in [5, 5.41) is 0. The van der Waals surface area contributed by atoms with Gasteiger partial charge in [0.2, 0.25) is 0 Å². The molecule has 10 heavy (non-hydrogen) atoms. The molecule has 0 aromatic rings. The Labute approximate surface area is 66.8 Å². The third-order valence-corrected chi connectivity index (χ3v) is 1.57. The van der Waals surface area contributed by atoms with Crippen molar-refractivity contribution in [2.24, 2.45) is 0 Å². The van der Waals surface area contributed by atoms with E-state index in [0.717, 1.165) is 12.0 Å². The zero-order chi connectivity index (χ0) is 7.98. The fourth-order valence-electron chi connectivity index (χ4n) is 0.570. The normalized spacial score (nSPS) is 12.7. The minimum atomic E-state index is -0.171. The van der Waals surface area contributed by atoms with Crippen LogP contribution in [0.4, 0.5) is 0 Å². The van der Waals surface area contributed by atoms with Crippen LogP contribution in [0.2, 0.25) is 0 Å². The van der Waals surface area contributed by atoms with Crippen LogP contribution in [0.25, 0.3) is 0 Å². The summed E-state index contributed by atoms with van der Waals surface area (Å²) in [4.78, 5) is 0. The van der Waals surface area contributed by atoms with Gasteiger partial charge in [0.1, 0.15) is 0 Å². The van der Waals surface area contributed by atoms with Gasteiger partial charge in [0.15, 0.2) is 6.29 Å². The topological polar surface area (TPSA) is 18.5 Å². The van der Waals surface area contributed by atoms with E-state index in [4.69, 9.17) is 21.1 Å². The number of methoxy groups -OCH3 is 2. The van der Waals surface area contributed by atoms with E-state index in [2.05, 4.69) is 0 Å². The van der Waals surface area contributed by atoms with Gasteiger partial charge in [-0.1, -0.05) is 17.2 Å². The van der Waals surface area contributed by atoms with E-state index in [1.54, 1.807) is 14.2 Å². The standard InChI is InChI=1S/C7H13ClO2/c1-6(5-8)4-7(9-2)10-3/h5,7H,4H2,1-3H3. The van der Waals surface area contributed by atoms with Crippen LogP contribution < -0.4 is 0 Å². The van der Waals surface area contributed by atoms with Crippen molar-refractivity contribution in [3.63, 3.8) is 0 Å². The van der Waals surface area contributed by atoms with Crippen LogP contribution in [0.15, 0.2) is 11.1 Å². The lowest BCUT2D eigenvalue weighted by Gasteiger charge is -2.12. The predicted octanol–water partition coefficient (Wildman–Crippen LogP) is 2.14. The summed E-state index contributed by atoms with van der Waals surface area (Å²) in [5.41, 5.74) is 2.58. The molecule has 0 aliphatic rings. The molecule has 0 amide bonds. The highest BCUT2D eigenvalue weighted by Crippen LogP contribution is 2.08. The maximum atomic E-state index is 5.44. The quantitative estimate of drug-likeness (QED) is 0.593. The molecule has 0 unspecified atom stereocenters. The van der Waals surface area contributed by atoms with Gasteiger partial charge >= 0.3 is 0 Å². The molecule has 60 valence electrons. The Morgan fingerprint density at radius 2 is 2.00 bits per heavy atom. The lowest BCUT2D eigenvalue weighted by atomic mass is 10.2. The van der Waals surface area contributed by atoms with E-state index in [1.165, 1.54) is 5.54 Å². The van der Waals surface area contributed by atoms with Gasteiger partial charge in [-0.25, -0.2) is 0 Å². The van der Waals surface area contributed by atoms with Crippen molar-refractivity contribution in [2.45, 2.75) is 19.6 Å². The second kappa shape index (κ2) is 5.71. The summed E-state index contributed by atoms with van der Waals surface area (Å²) in [6.07, 6.45) is 0.547. The largest absolute Gasteiger partial charge is 0.356 e. The molecule has 0 radical (unpaired) electrons. The van der Waals surface area contributed by atoms with E-state index >= 15 is 0 Å². The number of hydrogen-bond acceptors (Lipinski definition) is 2. The van der Waals surface area contributed by atoms with Crippen molar-refractivity contribution in [1.29, 1.82) is 0 Å². The Morgan fingerprint density at radius 3 is 2.30 bits per heavy atom. The van der Waals surface area contributed by atoms with Crippen molar-refractivity contribution in [3.05, 3.63) is 11.1 Å². The third kappa shape index (κ3) is 3.88. The molecule has 0 aliphatic carbocycles. The second-order valence-electron chi connectivity index (χ2n) is 2.06. The molecule has 0 heterocycles. The van der Waals surface area contributed by atoms with Gasteiger partial charge in [0, 0.05) is 26.2 Å². The zero-order valence-corrected chi connectivity index (χ0v) is 7.31. The molecular formula is C7H13ClO2. The van der Waals surface area contributed by atoms with E-state index in [0.29, 0.717) is 0 Å². The zero-order valence-electron chi connectivity index (χ0n) is 6.56. The average Bonchev–Trinajstić information content (AvgIpc) is 1.99. The Morgan fingerprint density at radius 1 is 1.50 bits per heavy atom. The molecule has 0 saturated heterocycles. The monoisotopic (exact) mass is 164 g/mol. The highest BCUT2D eigenvalue weighted by molar-refractivity contribution is 6.25. The summed E-state index contributed by atoms with van der Waals surface area (Å²) in [5.74, 6) is 0. The number of ether oxygens (including phenoxy) is 2. The van der Waals surface area contributed by atoms with Gasteiger partial charge in [-0.2, -0.15) is 0 Å². The van der Waals surface area contributed by atoms with Crippen molar-refractivity contribution < 1.29 is 9.47 Å². The maximum absolute atomic E-state index is 5.44. The highest BCUT2D eigenvalue weighted by Gasteiger charge is 2.04. The molecule has 0 atom stereocenters. The number of hydrogen-bond donors (Lipinski definition) is 0. The fraction of sp³-hybridized carbons (Fsp3) is 0.714. The van der Waals surface area contributed by atoms with Crippen molar-refractivity contribution in [1.82, 2.24) is 0 Å². The molecule has 0 bridgehead atoms. The lowest BCUT2D eigenvalue weighted by Crippen LogP contribution is -2.12. The first-order chi connectivity index (χ1) is 4.74.